The van der Waals surface area contributed by atoms with Gasteiger partial charge >= 0.3 is 0 Å². The quantitative estimate of drug-likeness (QED) is 0.173. The lowest BCUT2D eigenvalue weighted by Gasteiger charge is -2.57. The van der Waals surface area contributed by atoms with E-state index in [9.17, 15) is 9.59 Å². The molecule has 70 heavy (non-hydrogen) atoms. The van der Waals surface area contributed by atoms with E-state index < -0.39 is 0 Å². The molecule has 0 aliphatic heterocycles. The Morgan fingerprint density at radius 2 is 0.671 bits per heavy atom. The van der Waals surface area contributed by atoms with Gasteiger partial charge in [-0.25, -0.2) is 0 Å². The van der Waals surface area contributed by atoms with Crippen LogP contribution in [0.5, 0.6) is 0 Å². The molecule has 0 unspecified atom stereocenters. The summed E-state index contributed by atoms with van der Waals surface area (Å²) in [6, 6.07) is 21.2. The molecule has 0 spiro atoms. The summed E-state index contributed by atoms with van der Waals surface area (Å²) < 4.78 is 5.36. The number of aromatic nitrogens is 2. The molecule has 23 rings (SSSR count). The summed E-state index contributed by atoms with van der Waals surface area (Å²) in [5.41, 5.74) is 19.0. The Balaban J connectivity index is 0.967. The van der Waals surface area contributed by atoms with Crippen molar-refractivity contribution in [2.24, 2.45) is 47.3 Å². The van der Waals surface area contributed by atoms with E-state index >= 15 is 0 Å². The van der Waals surface area contributed by atoms with Gasteiger partial charge in [0.2, 0.25) is 0 Å². The van der Waals surface area contributed by atoms with Crippen molar-refractivity contribution in [3.05, 3.63) is 93.0 Å². The highest BCUT2D eigenvalue weighted by Crippen LogP contribution is 2.64. The molecule has 5 aromatic carbocycles. The van der Waals surface area contributed by atoms with Crippen molar-refractivity contribution in [2.75, 3.05) is 0 Å². The predicted molar refractivity (Wildman–Crippen MR) is 283 cm³/mol. The van der Waals surface area contributed by atoms with Crippen molar-refractivity contribution in [3.8, 4) is 0 Å². The smallest absolute Gasteiger partial charge is 0.166 e. The molecule has 10 fully saturated rings. The summed E-state index contributed by atoms with van der Waals surface area (Å²) in [4.78, 5) is 29.5. The highest BCUT2D eigenvalue weighted by atomic mass is 16.1. The van der Waals surface area contributed by atoms with Crippen LogP contribution in [-0.4, -0.2) is 20.4 Å². The maximum absolute atomic E-state index is 14.7. The summed E-state index contributed by atoms with van der Waals surface area (Å²) in [7, 11) is 0. The summed E-state index contributed by atoms with van der Waals surface area (Å²) in [5, 5.41) is 11.2. The molecule has 0 atom stereocenters. The standard InChI is InChI=1S/C66H64N2O2/c1-31-57-45(39-3-7-41(8-4-39)63(57)69)21-53-51-19-43(65-25-33-11-34(26-65)13-35(12-33)27-65)17-49-47-24-56-48(23-55(47)67(59(31)53)61(49)51)50-18-44(66-28-36-14-37(29-66)16-38(15-36)30-66)20-52-54-22-46-40-5-9-42(10-6-40)64(70)58(46)32(2)60(54)68(56)62(50)52/h17-24,33-42H,3-16,25-30H2,1-2H3. The van der Waals surface area contributed by atoms with E-state index in [1.807, 2.05) is 0 Å². The van der Waals surface area contributed by atoms with Gasteiger partial charge in [0, 0.05) is 66.1 Å². The van der Waals surface area contributed by atoms with Crippen LogP contribution in [0.1, 0.15) is 194 Å². The normalized spacial score (nSPS) is 36.0. The van der Waals surface area contributed by atoms with E-state index in [0.717, 1.165) is 98.0 Å². The molecule has 0 amide bonds. The number of hydrogen-bond donors (Lipinski definition) is 0. The molecule has 4 aromatic heterocycles. The third-order valence-electron chi connectivity index (χ3n) is 23.9. The molecular formula is C66H64N2O2. The minimum absolute atomic E-state index is 0.169. The number of benzene rings is 5. The minimum atomic E-state index is 0.169. The van der Waals surface area contributed by atoms with Gasteiger partial charge in [0.1, 0.15) is 0 Å². The molecule has 14 aliphatic rings. The zero-order valence-electron chi connectivity index (χ0n) is 41.2. The largest absolute Gasteiger partial charge is 0.308 e. The second kappa shape index (κ2) is 12.4. The number of fused-ring (bicyclic) bond motifs is 16. The van der Waals surface area contributed by atoms with Crippen molar-refractivity contribution >= 4 is 87.8 Å². The molecule has 4 nitrogen and oxygen atoms in total. The molecule has 4 heterocycles. The topological polar surface area (TPSA) is 43.0 Å². The minimum Gasteiger partial charge on any atom is -0.308 e. The molecule has 12 bridgehead atoms. The first kappa shape index (κ1) is 38.7. The maximum Gasteiger partial charge on any atom is 0.166 e. The number of ketones is 2. The molecule has 0 saturated heterocycles. The predicted octanol–water partition coefficient (Wildman–Crippen LogP) is 16.5. The Morgan fingerprint density at radius 1 is 0.371 bits per heavy atom. The Labute approximate surface area is 409 Å². The van der Waals surface area contributed by atoms with Crippen molar-refractivity contribution in [3.63, 3.8) is 0 Å². The van der Waals surface area contributed by atoms with Crippen LogP contribution in [0, 0.1) is 61.2 Å². The average molecular weight is 917 g/mol. The molecular weight excluding hydrogens is 853 g/mol. The van der Waals surface area contributed by atoms with Gasteiger partial charge in [0.05, 0.1) is 33.1 Å². The zero-order valence-corrected chi connectivity index (χ0v) is 41.2. The van der Waals surface area contributed by atoms with Crippen LogP contribution in [0.4, 0.5) is 0 Å². The van der Waals surface area contributed by atoms with E-state index in [4.69, 9.17) is 0 Å². The molecule has 0 radical (unpaired) electrons. The van der Waals surface area contributed by atoms with Gasteiger partial charge in [0.25, 0.3) is 0 Å². The fourth-order valence-electron chi connectivity index (χ4n) is 21.9. The number of nitrogens with zero attached hydrogens (tertiary/aromatic N) is 2. The van der Waals surface area contributed by atoms with Crippen LogP contribution in [0.25, 0.3) is 76.2 Å². The van der Waals surface area contributed by atoms with Crippen molar-refractivity contribution < 1.29 is 9.59 Å². The van der Waals surface area contributed by atoms with Crippen molar-refractivity contribution in [1.29, 1.82) is 0 Å². The first-order valence-corrected chi connectivity index (χ1v) is 28.8. The summed E-state index contributed by atoms with van der Waals surface area (Å²) in [5.74, 6) is 7.39. The van der Waals surface area contributed by atoms with Gasteiger partial charge in [-0.15, -0.1) is 0 Å². The van der Waals surface area contributed by atoms with Crippen LogP contribution in [0.15, 0.2) is 48.5 Å². The molecule has 350 valence electrons. The zero-order chi connectivity index (χ0) is 45.6. The Kier molecular flexibility index (Phi) is 6.87. The van der Waals surface area contributed by atoms with Gasteiger partial charge in [-0.1, -0.05) is 0 Å². The summed E-state index contributed by atoms with van der Waals surface area (Å²) in [6.45, 7) is 4.65. The number of carbonyl (C=O) groups excluding carboxylic acids is 2. The van der Waals surface area contributed by atoms with Gasteiger partial charge in [0.15, 0.2) is 11.6 Å². The summed E-state index contributed by atoms with van der Waals surface area (Å²) >= 11 is 0. The van der Waals surface area contributed by atoms with Gasteiger partial charge < -0.3 is 8.80 Å². The molecule has 4 heteroatoms. The van der Waals surface area contributed by atoms with Crippen LogP contribution in [0.3, 0.4) is 0 Å². The van der Waals surface area contributed by atoms with Crippen molar-refractivity contribution in [1.82, 2.24) is 8.80 Å². The first-order valence-electron chi connectivity index (χ1n) is 28.8. The lowest BCUT2D eigenvalue weighted by molar-refractivity contribution is -0.00520. The van der Waals surface area contributed by atoms with E-state index in [0.29, 0.717) is 23.4 Å². The number of rotatable bonds is 2. The number of aryl methyl sites for hydroxylation is 2. The maximum atomic E-state index is 14.7. The monoisotopic (exact) mass is 916 g/mol. The fraction of sp³-hybridized carbons (Fsp3) is 0.515. The Morgan fingerprint density at radius 3 is 1.01 bits per heavy atom. The van der Waals surface area contributed by atoms with Crippen LogP contribution in [0.2, 0.25) is 0 Å². The highest BCUT2D eigenvalue weighted by molar-refractivity contribution is 6.30. The highest BCUT2D eigenvalue weighted by Gasteiger charge is 2.54. The number of hydrogen-bond acceptors (Lipinski definition) is 2. The molecule has 9 aromatic rings. The van der Waals surface area contributed by atoms with Crippen LogP contribution >= 0.6 is 0 Å². The SMILES string of the molecule is Cc1c2c(cc3c4cc(C56CC7CC(CC(C7)C5)C6)cc5c6cc7c(cc6n(c13)c54)c1cc(C34CC5CC(CC(C5)C3)C4)cc3c4cc5c(c(C)c4n7c13)C(=O)C1CCC5CC1)C1CCC(CC1)C2=O. The lowest BCUT2D eigenvalue weighted by Crippen LogP contribution is -2.48. The third-order valence-corrected chi connectivity index (χ3v) is 23.9. The Bertz CT molecular complexity index is 3620. The number of carbonyl (C=O) groups is 2. The summed E-state index contributed by atoms with van der Waals surface area (Å²) in [6.07, 6.45) is 25.6. The van der Waals surface area contributed by atoms with Gasteiger partial charge in [-0.05, 0) is 282 Å². The second-order valence-corrected chi connectivity index (χ2v) is 27.3. The number of Topliss-reactive ketones (excluding diaryl/α,β-unsaturated/α-hetero) is 2. The van der Waals surface area contributed by atoms with Crippen LogP contribution in [-0.2, 0) is 10.8 Å². The third kappa shape index (κ3) is 4.47. The van der Waals surface area contributed by atoms with E-state index in [1.165, 1.54) is 175 Å². The first-order chi connectivity index (χ1) is 34.2. The molecule has 10 saturated carbocycles. The fourth-order valence-corrected chi connectivity index (χ4v) is 21.9. The van der Waals surface area contributed by atoms with E-state index in [1.54, 1.807) is 11.1 Å². The van der Waals surface area contributed by atoms with E-state index in [2.05, 4.69) is 71.2 Å². The van der Waals surface area contributed by atoms with Crippen LogP contribution < -0.4 is 0 Å². The van der Waals surface area contributed by atoms with Crippen molar-refractivity contribution in [2.45, 2.75) is 165 Å². The second-order valence-electron chi connectivity index (χ2n) is 27.3. The molecule has 0 N–H and O–H groups in total. The lowest BCUT2D eigenvalue weighted by atomic mass is 9.48. The van der Waals surface area contributed by atoms with E-state index in [-0.39, 0.29) is 22.7 Å². The Hall–Kier alpha value is -4.96. The van der Waals surface area contributed by atoms with Gasteiger partial charge in [-0.3, -0.25) is 9.59 Å². The average Bonchev–Trinajstić information content (AvgIpc) is 3.97. The van der Waals surface area contributed by atoms with Gasteiger partial charge in [-0.2, -0.15) is 0 Å². The molecule has 14 aliphatic carbocycles.